The number of pyridine rings is 1. The summed E-state index contributed by atoms with van der Waals surface area (Å²) in [5, 5.41) is 19.1. The molecule has 2 atom stereocenters. The van der Waals surface area contributed by atoms with Gasteiger partial charge < -0.3 is 30.7 Å². The highest BCUT2D eigenvalue weighted by atomic mass is 16.5. The number of nitrogens with zero attached hydrogens (tertiary/aromatic N) is 4. The number of carbonyl (C=O) groups excluding carboxylic acids is 2. The van der Waals surface area contributed by atoms with Crippen molar-refractivity contribution in [3.63, 3.8) is 0 Å². The van der Waals surface area contributed by atoms with Gasteiger partial charge in [-0.3, -0.25) is 14.5 Å². The molecule has 2 amide bonds. The second-order valence-electron chi connectivity index (χ2n) is 15.1. The van der Waals surface area contributed by atoms with E-state index in [1.807, 2.05) is 16.9 Å². The van der Waals surface area contributed by atoms with E-state index in [0.717, 1.165) is 77.1 Å². The molecule has 4 N–H and O–H groups in total. The van der Waals surface area contributed by atoms with E-state index in [1.165, 1.54) is 12.0 Å². The lowest BCUT2D eigenvalue weighted by molar-refractivity contribution is 0.0904. The number of fused-ring (bicyclic) bond motifs is 3. The predicted octanol–water partition coefficient (Wildman–Crippen LogP) is 5.69. The van der Waals surface area contributed by atoms with Gasteiger partial charge in [0.25, 0.3) is 11.8 Å². The van der Waals surface area contributed by atoms with Crippen molar-refractivity contribution < 1.29 is 19.1 Å². The van der Waals surface area contributed by atoms with Crippen LogP contribution in [0.2, 0.25) is 0 Å². The Morgan fingerprint density at radius 2 is 1.71 bits per heavy atom. The van der Waals surface area contributed by atoms with Gasteiger partial charge in [-0.05, 0) is 85.7 Å². The zero-order valence-electron chi connectivity index (χ0n) is 32.6. The van der Waals surface area contributed by atoms with Gasteiger partial charge in [-0.15, -0.1) is 0 Å². The van der Waals surface area contributed by atoms with Gasteiger partial charge in [0.05, 0.1) is 24.4 Å². The van der Waals surface area contributed by atoms with Crippen molar-refractivity contribution in [2.45, 2.75) is 83.8 Å². The number of carbonyl (C=O) groups is 2. The molecule has 2 bridgehead atoms. The summed E-state index contributed by atoms with van der Waals surface area (Å²) in [5.41, 5.74) is 8.82. The van der Waals surface area contributed by atoms with Gasteiger partial charge in [0.15, 0.2) is 5.65 Å². The molecule has 2 aromatic heterocycles. The smallest absolute Gasteiger partial charge is 0.251 e. The SMILES string of the molecule is CCc1nc2c(cnn2CC)c(NC2CCOCC2)c1CNC(=O)c1cccc(C(=O)NCc2cc(-c3cccc(CN4C[C@@H]5CC4CN5)c3)ccc2OC)c1. The quantitative estimate of drug-likeness (QED) is 0.113. The van der Waals surface area contributed by atoms with Gasteiger partial charge in [-0.1, -0.05) is 37.3 Å². The Labute approximate surface area is 328 Å². The van der Waals surface area contributed by atoms with E-state index < -0.39 is 0 Å². The molecule has 12 heteroatoms. The van der Waals surface area contributed by atoms with E-state index in [9.17, 15) is 9.59 Å². The van der Waals surface area contributed by atoms with Gasteiger partial charge >= 0.3 is 0 Å². The molecular formula is C44H52N8O4. The first kappa shape index (κ1) is 37.6. The van der Waals surface area contributed by atoms with Gasteiger partial charge in [0, 0.05) is 98.6 Å². The lowest BCUT2D eigenvalue weighted by Gasteiger charge is -2.27. The van der Waals surface area contributed by atoms with Crippen molar-refractivity contribution in [1.29, 1.82) is 0 Å². The van der Waals surface area contributed by atoms with E-state index in [1.54, 1.807) is 31.4 Å². The number of methoxy groups -OCH3 is 1. The van der Waals surface area contributed by atoms with Gasteiger partial charge in [-0.2, -0.15) is 5.10 Å². The summed E-state index contributed by atoms with van der Waals surface area (Å²) >= 11 is 0. The van der Waals surface area contributed by atoms with E-state index in [4.69, 9.17) is 14.5 Å². The monoisotopic (exact) mass is 756 g/mol. The minimum Gasteiger partial charge on any atom is -0.496 e. The van der Waals surface area contributed by atoms with Gasteiger partial charge in [0.1, 0.15) is 5.75 Å². The van der Waals surface area contributed by atoms with Crippen molar-refractivity contribution in [2.75, 3.05) is 38.7 Å². The molecule has 8 rings (SSSR count). The molecule has 56 heavy (non-hydrogen) atoms. The molecule has 5 heterocycles. The van der Waals surface area contributed by atoms with Crippen LogP contribution in [0, 0.1) is 0 Å². The molecule has 0 aliphatic carbocycles. The summed E-state index contributed by atoms with van der Waals surface area (Å²) in [5.74, 6) is 0.154. The standard InChI is InChI=1S/C44H52N8O4/c1-4-39-37(41(49-34-14-16-56-17-15-34)38-25-48-52(5-2)42(38)50-39)24-47-44(54)32-11-7-10-31(20-32)43(53)46-22-33-19-30(12-13-40(33)55-3)29-9-6-8-28(18-29)26-51-27-35-21-36(51)23-45-35/h6-13,18-20,25,34-36,45H,4-5,14-17,21-24,26-27H2,1-3H3,(H,46,53)(H,47,54)(H,49,50)/t35-,36?/m0/s1. The van der Waals surface area contributed by atoms with E-state index in [-0.39, 0.29) is 30.9 Å². The molecule has 3 aliphatic heterocycles. The maximum atomic E-state index is 13.7. The van der Waals surface area contributed by atoms with Crippen LogP contribution in [-0.2, 0) is 37.3 Å². The van der Waals surface area contributed by atoms with Crippen molar-refractivity contribution in [1.82, 2.24) is 35.6 Å². The summed E-state index contributed by atoms with van der Waals surface area (Å²) in [6, 6.07) is 23.1. The third-order valence-electron chi connectivity index (χ3n) is 11.5. The lowest BCUT2D eigenvalue weighted by Crippen LogP contribution is -2.42. The molecule has 3 aliphatic rings. The van der Waals surface area contributed by atoms with Crippen LogP contribution in [0.25, 0.3) is 22.2 Å². The number of rotatable bonds is 14. The summed E-state index contributed by atoms with van der Waals surface area (Å²) in [4.78, 5) is 34.8. The van der Waals surface area contributed by atoms with Crippen LogP contribution in [0.15, 0.2) is 72.9 Å². The van der Waals surface area contributed by atoms with Crippen LogP contribution in [0.4, 0.5) is 5.69 Å². The number of ether oxygens (including phenoxy) is 2. The number of anilines is 1. The Balaban J connectivity index is 0.945. The second-order valence-corrected chi connectivity index (χ2v) is 15.1. The van der Waals surface area contributed by atoms with Crippen LogP contribution in [0.3, 0.4) is 0 Å². The minimum atomic E-state index is -0.276. The highest BCUT2D eigenvalue weighted by Crippen LogP contribution is 2.32. The number of amides is 2. The molecule has 3 fully saturated rings. The second kappa shape index (κ2) is 16.8. The largest absolute Gasteiger partial charge is 0.496 e. The first-order chi connectivity index (χ1) is 27.4. The average molecular weight is 757 g/mol. The first-order valence-electron chi connectivity index (χ1n) is 20.0. The summed E-state index contributed by atoms with van der Waals surface area (Å²) in [6.07, 6.45) is 5.60. The van der Waals surface area contributed by atoms with Crippen molar-refractivity contribution in [3.05, 3.63) is 106 Å². The fourth-order valence-electron chi connectivity index (χ4n) is 8.47. The molecule has 12 nitrogen and oxygen atoms in total. The molecule has 0 saturated carbocycles. The molecule has 0 spiro atoms. The highest BCUT2D eigenvalue weighted by molar-refractivity contribution is 6.00. The Kier molecular flexibility index (Phi) is 11.3. The van der Waals surface area contributed by atoms with Crippen LogP contribution >= 0.6 is 0 Å². The van der Waals surface area contributed by atoms with Crippen molar-refractivity contribution >= 4 is 28.5 Å². The third-order valence-corrected chi connectivity index (χ3v) is 11.5. The number of hydrogen-bond donors (Lipinski definition) is 4. The number of aromatic nitrogens is 3. The molecule has 1 unspecified atom stereocenters. The van der Waals surface area contributed by atoms with Gasteiger partial charge in [-0.25, -0.2) is 9.67 Å². The van der Waals surface area contributed by atoms with Crippen LogP contribution in [0.1, 0.15) is 76.2 Å². The Morgan fingerprint density at radius 3 is 2.43 bits per heavy atom. The number of hydrogen-bond acceptors (Lipinski definition) is 9. The minimum absolute atomic E-state index is 0.250. The molecule has 0 radical (unpaired) electrons. The topological polar surface area (TPSA) is 135 Å². The molecular weight excluding hydrogens is 705 g/mol. The van der Waals surface area contributed by atoms with Crippen LogP contribution in [-0.4, -0.2) is 83.0 Å². The van der Waals surface area contributed by atoms with Crippen LogP contribution < -0.4 is 26.0 Å². The fraction of sp³-hybridized carbons (Fsp3) is 0.409. The average Bonchev–Trinajstić information content (AvgIpc) is 3.99. The molecule has 292 valence electrons. The highest BCUT2D eigenvalue weighted by Gasteiger charge is 2.37. The summed E-state index contributed by atoms with van der Waals surface area (Å²) in [6.45, 7) is 9.93. The zero-order valence-corrected chi connectivity index (χ0v) is 32.6. The Bertz CT molecular complexity index is 2210. The first-order valence-corrected chi connectivity index (χ1v) is 20.0. The summed E-state index contributed by atoms with van der Waals surface area (Å²) < 4.78 is 13.2. The number of aryl methyl sites for hydroxylation is 2. The van der Waals surface area contributed by atoms with Crippen molar-refractivity contribution in [2.24, 2.45) is 0 Å². The van der Waals surface area contributed by atoms with E-state index in [0.29, 0.717) is 55.1 Å². The summed E-state index contributed by atoms with van der Waals surface area (Å²) in [7, 11) is 1.64. The Hall–Kier alpha value is -5.30. The predicted molar refractivity (Wildman–Crippen MR) is 218 cm³/mol. The fourth-order valence-corrected chi connectivity index (χ4v) is 8.47. The molecule has 3 saturated heterocycles. The number of likely N-dealkylation sites (tertiary alicyclic amines) is 1. The third kappa shape index (κ3) is 8.00. The van der Waals surface area contributed by atoms with Crippen molar-refractivity contribution in [3.8, 4) is 16.9 Å². The number of piperazine rings is 1. The van der Waals surface area contributed by atoms with Crippen LogP contribution in [0.5, 0.6) is 5.75 Å². The normalized spacial score (nSPS) is 18.3. The zero-order chi connectivity index (χ0) is 38.6. The van der Waals surface area contributed by atoms with Gasteiger partial charge in [0.2, 0.25) is 0 Å². The lowest BCUT2D eigenvalue weighted by atomic mass is 10.00. The Morgan fingerprint density at radius 1 is 0.946 bits per heavy atom. The maximum absolute atomic E-state index is 13.7. The number of benzene rings is 3. The maximum Gasteiger partial charge on any atom is 0.251 e. The van der Waals surface area contributed by atoms with E-state index >= 15 is 0 Å². The molecule has 5 aromatic rings. The molecule has 3 aromatic carbocycles. The number of nitrogens with one attached hydrogen (secondary N) is 4. The van der Waals surface area contributed by atoms with E-state index in [2.05, 4.69) is 81.5 Å².